The van der Waals surface area contributed by atoms with Gasteiger partial charge in [0.05, 0.1) is 5.56 Å². The molecule has 2 rings (SSSR count). The van der Waals surface area contributed by atoms with Crippen molar-refractivity contribution in [2.75, 3.05) is 32.0 Å². The molecule has 1 atom stereocenters. The third-order valence-corrected chi connectivity index (χ3v) is 4.26. The van der Waals surface area contributed by atoms with Crippen LogP contribution in [0.1, 0.15) is 18.4 Å². The molecule has 1 heterocycles. The summed E-state index contributed by atoms with van der Waals surface area (Å²) < 4.78 is 38.2. The van der Waals surface area contributed by atoms with Crippen LogP contribution in [-0.4, -0.2) is 31.6 Å². The van der Waals surface area contributed by atoms with E-state index in [1.807, 2.05) is 0 Å². The smallest absolute Gasteiger partial charge is 0.384 e. The standard InChI is InChI=1S/C14H18BrF3N2/c1-20-6-2-3-10(9-20)8-19-13-5-4-11(7-12(13)15)14(16,17)18/h4-5,7,10,19H,2-3,6,8-9H2,1H3. The van der Waals surface area contributed by atoms with E-state index in [9.17, 15) is 13.2 Å². The molecule has 1 N–H and O–H groups in total. The van der Waals surface area contributed by atoms with Crippen molar-refractivity contribution in [3.63, 3.8) is 0 Å². The quantitative estimate of drug-likeness (QED) is 0.877. The van der Waals surface area contributed by atoms with Crippen LogP contribution >= 0.6 is 15.9 Å². The lowest BCUT2D eigenvalue weighted by molar-refractivity contribution is -0.137. The molecular weight excluding hydrogens is 333 g/mol. The molecule has 1 unspecified atom stereocenters. The fourth-order valence-corrected chi connectivity index (χ4v) is 3.05. The van der Waals surface area contributed by atoms with Gasteiger partial charge in [-0.05, 0) is 66.5 Å². The molecule has 1 aliphatic heterocycles. The van der Waals surface area contributed by atoms with Crippen LogP contribution in [0.5, 0.6) is 0 Å². The summed E-state index contributed by atoms with van der Waals surface area (Å²) in [5, 5.41) is 3.24. The largest absolute Gasteiger partial charge is 0.416 e. The Balaban J connectivity index is 1.96. The molecule has 6 heteroatoms. The molecule has 0 aromatic heterocycles. The molecule has 1 aromatic rings. The van der Waals surface area contributed by atoms with Gasteiger partial charge in [0.15, 0.2) is 0 Å². The van der Waals surface area contributed by atoms with Crippen LogP contribution in [0.15, 0.2) is 22.7 Å². The van der Waals surface area contributed by atoms with Crippen LogP contribution in [0.25, 0.3) is 0 Å². The first-order chi connectivity index (χ1) is 9.36. The van der Waals surface area contributed by atoms with Gasteiger partial charge in [0, 0.05) is 23.2 Å². The molecule has 0 bridgehead atoms. The summed E-state index contributed by atoms with van der Waals surface area (Å²) in [6, 6.07) is 3.72. The summed E-state index contributed by atoms with van der Waals surface area (Å²) >= 11 is 3.20. The SMILES string of the molecule is CN1CCCC(CNc2ccc(C(F)(F)F)cc2Br)C1. The molecule has 1 aromatic carbocycles. The van der Waals surface area contributed by atoms with E-state index in [4.69, 9.17) is 0 Å². The lowest BCUT2D eigenvalue weighted by atomic mass is 9.98. The van der Waals surface area contributed by atoms with E-state index in [1.54, 1.807) is 0 Å². The molecule has 0 saturated carbocycles. The minimum absolute atomic E-state index is 0.455. The molecule has 20 heavy (non-hydrogen) atoms. The zero-order chi connectivity index (χ0) is 14.8. The third kappa shape index (κ3) is 4.12. The highest BCUT2D eigenvalue weighted by Gasteiger charge is 2.30. The number of likely N-dealkylation sites (tertiary alicyclic amines) is 1. The number of benzene rings is 1. The van der Waals surface area contributed by atoms with E-state index in [0.29, 0.717) is 16.1 Å². The molecule has 0 aliphatic carbocycles. The average molecular weight is 351 g/mol. The minimum Gasteiger partial charge on any atom is -0.384 e. The van der Waals surface area contributed by atoms with Crippen LogP contribution in [0.3, 0.4) is 0 Å². The maximum absolute atomic E-state index is 12.6. The van der Waals surface area contributed by atoms with Crippen molar-refractivity contribution in [2.45, 2.75) is 19.0 Å². The van der Waals surface area contributed by atoms with Crippen LogP contribution in [0.2, 0.25) is 0 Å². The van der Waals surface area contributed by atoms with E-state index < -0.39 is 11.7 Å². The number of hydrogen-bond acceptors (Lipinski definition) is 2. The molecular formula is C14H18BrF3N2. The van der Waals surface area contributed by atoms with Gasteiger partial charge in [0.25, 0.3) is 0 Å². The van der Waals surface area contributed by atoms with Gasteiger partial charge in [0.2, 0.25) is 0 Å². The molecule has 1 fully saturated rings. The second-order valence-electron chi connectivity index (χ2n) is 5.34. The van der Waals surface area contributed by atoms with Gasteiger partial charge in [-0.2, -0.15) is 13.2 Å². The molecule has 112 valence electrons. The Morgan fingerprint density at radius 1 is 1.40 bits per heavy atom. The Kier molecular flexibility index (Phi) is 4.96. The van der Waals surface area contributed by atoms with Gasteiger partial charge in [-0.1, -0.05) is 0 Å². The molecule has 2 nitrogen and oxygen atoms in total. The Labute approximate surface area is 125 Å². The first kappa shape index (κ1) is 15.6. The van der Waals surface area contributed by atoms with Crippen LogP contribution in [-0.2, 0) is 6.18 Å². The highest BCUT2D eigenvalue weighted by Crippen LogP contribution is 2.34. The Bertz CT molecular complexity index is 462. The summed E-state index contributed by atoms with van der Waals surface area (Å²) in [4.78, 5) is 2.29. The van der Waals surface area contributed by atoms with E-state index in [0.717, 1.165) is 38.2 Å². The molecule has 0 amide bonds. The maximum Gasteiger partial charge on any atom is 0.416 e. The molecule has 0 spiro atoms. The molecule has 0 radical (unpaired) electrons. The highest BCUT2D eigenvalue weighted by atomic mass is 79.9. The Hall–Kier alpha value is -0.750. The summed E-state index contributed by atoms with van der Waals surface area (Å²) in [6.45, 7) is 2.94. The normalized spacial score (nSPS) is 20.9. The number of anilines is 1. The fraction of sp³-hybridized carbons (Fsp3) is 0.571. The first-order valence-electron chi connectivity index (χ1n) is 6.65. The fourth-order valence-electron chi connectivity index (χ4n) is 2.53. The zero-order valence-electron chi connectivity index (χ0n) is 11.3. The summed E-state index contributed by atoms with van der Waals surface area (Å²) in [6.07, 6.45) is -1.96. The predicted molar refractivity (Wildman–Crippen MR) is 77.9 cm³/mol. The maximum atomic E-state index is 12.6. The van der Waals surface area contributed by atoms with Gasteiger partial charge in [-0.25, -0.2) is 0 Å². The zero-order valence-corrected chi connectivity index (χ0v) is 12.9. The number of rotatable bonds is 3. The Morgan fingerprint density at radius 3 is 2.75 bits per heavy atom. The van der Waals surface area contributed by atoms with Gasteiger partial charge in [-0.3, -0.25) is 0 Å². The van der Waals surface area contributed by atoms with Gasteiger partial charge in [-0.15, -0.1) is 0 Å². The summed E-state index contributed by atoms with van der Waals surface area (Å²) in [5.74, 6) is 0.544. The number of nitrogens with zero attached hydrogens (tertiary/aromatic N) is 1. The first-order valence-corrected chi connectivity index (χ1v) is 7.44. The average Bonchev–Trinajstić information content (AvgIpc) is 2.36. The number of halogens is 4. The van der Waals surface area contributed by atoms with Crippen molar-refractivity contribution < 1.29 is 13.2 Å². The monoisotopic (exact) mass is 350 g/mol. The van der Waals surface area contributed by atoms with Crippen molar-refractivity contribution in [1.29, 1.82) is 0 Å². The van der Waals surface area contributed by atoms with Crippen LogP contribution in [0.4, 0.5) is 18.9 Å². The van der Waals surface area contributed by atoms with E-state index >= 15 is 0 Å². The Morgan fingerprint density at radius 2 is 2.15 bits per heavy atom. The predicted octanol–water partition coefficient (Wildman–Crippen LogP) is 4.22. The molecule has 1 aliphatic rings. The summed E-state index contributed by atoms with van der Waals surface area (Å²) in [5.41, 5.74) is 0.0820. The second kappa shape index (κ2) is 6.35. The van der Waals surface area contributed by atoms with Crippen molar-refractivity contribution in [2.24, 2.45) is 5.92 Å². The lowest BCUT2D eigenvalue weighted by Crippen LogP contribution is -2.35. The lowest BCUT2D eigenvalue weighted by Gasteiger charge is -2.30. The minimum atomic E-state index is -4.30. The number of alkyl halides is 3. The van der Waals surface area contributed by atoms with E-state index in [1.165, 1.54) is 12.5 Å². The van der Waals surface area contributed by atoms with Crippen LogP contribution < -0.4 is 5.32 Å². The summed E-state index contributed by atoms with van der Waals surface area (Å²) in [7, 11) is 2.10. The van der Waals surface area contributed by atoms with E-state index in [2.05, 4.69) is 33.2 Å². The van der Waals surface area contributed by atoms with Gasteiger partial charge < -0.3 is 10.2 Å². The number of piperidine rings is 1. The second-order valence-corrected chi connectivity index (χ2v) is 6.20. The molecule has 1 saturated heterocycles. The topological polar surface area (TPSA) is 15.3 Å². The highest BCUT2D eigenvalue weighted by molar-refractivity contribution is 9.10. The van der Waals surface area contributed by atoms with Crippen molar-refractivity contribution in [1.82, 2.24) is 4.90 Å². The number of hydrogen-bond donors (Lipinski definition) is 1. The van der Waals surface area contributed by atoms with Crippen LogP contribution in [0, 0.1) is 5.92 Å². The van der Waals surface area contributed by atoms with Crippen molar-refractivity contribution in [3.05, 3.63) is 28.2 Å². The van der Waals surface area contributed by atoms with Gasteiger partial charge >= 0.3 is 6.18 Å². The van der Waals surface area contributed by atoms with E-state index in [-0.39, 0.29) is 0 Å². The van der Waals surface area contributed by atoms with Crippen molar-refractivity contribution >= 4 is 21.6 Å². The van der Waals surface area contributed by atoms with Gasteiger partial charge in [0.1, 0.15) is 0 Å². The number of nitrogens with one attached hydrogen (secondary N) is 1. The third-order valence-electron chi connectivity index (χ3n) is 3.60. The van der Waals surface area contributed by atoms with Crippen molar-refractivity contribution in [3.8, 4) is 0 Å².